The highest BCUT2D eigenvalue weighted by molar-refractivity contribution is 5.94. The number of ether oxygens (including phenoxy) is 4. The lowest BCUT2D eigenvalue weighted by Crippen LogP contribution is -2.25. The highest BCUT2D eigenvalue weighted by Gasteiger charge is 2.27. The Morgan fingerprint density at radius 2 is 1.97 bits per heavy atom. The molecule has 3 rings (SSSR count). The summed E-state index contributed by atoms with van der Waals surface area (Å²) in [5.74, 6) is 1.72. The van der Waals surface area contributed by atoms with Crippen molar-refractivity contribution in [1.82, 2.24) is 4.57 Å². The summed E-state index contributed by atoms with van der Waals surface area (Å²) in [5.41, 5.74) is 1.30. The summed E-state index contributed by atoms with van der Waals surface area (Å²) in [6.45, 7) is 7.08. The van der Waals surface area contributed by atoms with Crippen molar-refractivity contribution in [3.8, 4) is 28.5 Å². The summed E-state index contributed by atoms with van der Waals surface area (Å²) in [5, 5.41) is 0. The summed E-state index contributed by atoms with van der Waals surface area (Å²) in [6, 6.07) is 5.10. The minimum atomic E-state index is -0.303. The van der Waals surface area contributed by atoms with Crippen molar-refractivity contribution in [1.29, 1.82) is 0 Å². The molecule has 7 nitrogen and oxygen atoms in total. The number of pyridine rings is 1. The van der Waals surface area contributed by atoms with E-state index < -0.39 is 0 Å². The van der Waals surface area contributed by atoms with Crippen LogP contribution < -0.4 is 19.6 Å². The standard InChI is InChI=1S/C23H29NO6/c1-14(2)19-13-30-21-11-23(29-8-6-7-27-4)22(28-5)9-16(21)18-10-20(26)17(15(3)25)12-24(18)19/h9-12,14,19H,6-8,13H2,1-5H3. The van der Waals surface area contributed by atoms with Crippen LogP contribution in [-0.2, 0) is 4.74 Å². The highest BCUT2D eigenvalue weighted by Crippen LogP contribution is 2.43. The molecule has 1 aliphatic heterocycles. The van der Waals surface area contributed by atoms with Crippen molar-refractivity contribution in [3.05, 3.63) is 40.2 Å². The number of fused-ring (bicyclic) bond motifs is 3. The third-order valence-electron chi connectivity index (χ3n) is 5.29. The first-order chi connectivity index (χ1) is 14.4. The summed E-state index contributed by atoms with van der Waals surface area (Å²) in [6.07, 6.45) is 2.41. The highest BCUT2D eigenvalue weighted by atomic mass is 16.5. The summed E-state index contributed by atoms with van der Waals surface area (Å²) in [4.78, 5) is 24.6. The molecule has 0 fully saturated rings. The minimum Gasteiger partial charge on any atom is -0.493 e. The maximum Gasteiger partial charge on any atom is 0.192 e. The predicted molar refractivity (Wildman–Crippen MR) is 114 cm³/mol. The zero-order valence-electron chi connectivity index (χ0n) is 18.2. The Hall–Kier alpha value is -2.80. The second-order valence-electron chi connectivity index (χ2n) is 7.72. The van der Waals surface area contributed by atoms with E-state index in [4.69, 9.17) is 18.9 Å². The van der Waals surface area contributed by atoms with Gasteiger partial charge in [-0.25, -0.2) is 0 Å². The molecule has 0 saturated heterocycles. The molecule has 0 aliphatic carbocycles. The van der Waals surface area contributed by atoms with Crippen molar-refractivity contribution in [2.45, 2.75) is 33.2 Å². The van der Waals surface area contributed by atoms with Crippen molar-refractivity contribution in [2.75, 3.05) is 34.0 Å². The van der Waals surface area contributed by atoms with E-state index in [-0.39, 0.29) is 28.7 Å². The number of hydrogen-bond donors (Lipinski definition) is 0. The number of ketones is 1. The number of methoxy groups -OCH3 is 2. The number of aromatic nitrogens is 1. The second kappa shape index (κ2) is 9.34. The number of hydrogen-bond acceptors (Lipinski definition) is 6. The SMILES string of the molecule is COCCCOc1cc2c(cc1OC)-c1cc(=O)c(C(C)=O)cn1C(C(C)C)CO2. The average Bonchev–Trinajstić information content (AvgIpc) is 2.86. The molecule has 7 heteroatoms. The molecular weight excluding hydrogens is 386 g/mol. The number of nitrogens with zero attached hydrogens (tertiary/aromatic N) is 1. The lowest BCUT2D eigenvalue weighted by Gasteiger charge is -2.24. The van der Waals surface area contributed by atoms with Gasteiger partial charge in [0.05, 0.1) is 31.0 Å². The van der Waals surface area contributed by atoms with Crippen molar-refractivity contribution in [3.63, 3.8) is 0 Å². The molecule has 0 saturated carbocycles. The minimum absolute atomic E-state index is 0.0387. The Bertz CT molecular complexity index is 978. The van der Waals surface area contributed by atoms with Crippen molar-refractivity contribution in [2.24, 2.45) is 5.92 Å². The monoisotopic (exact) mass is 415 g/mol. The van der Waals surface area contributed by atoms with Gasteiger partial charge in [0.1, 0.15) is 12.4 Å². The van der Waals surface area contributed by atoms with Crippen LogP contribution in [0.1, 0.15) is 43.6 Å². The topological polar surface area (TPSA) is 76.0 Å². The average molecular weight is 415 g/mol. The fraction of sp³-hybridized carbons (Fsp3) is 0.478. The van der Waals surface area contributed by atoms with Crippen LogP contribution in [0, 0.1) is 5.92 Å². The van der Waals surface area contributed by atoms with Gasteiger partial charge in [-0.05, 0) is 18.9 Å². The number of carbonyl (C=O) groups excluding carboxylic acids is 1. The molecule has 0 N–H and O–H groups in total. The molecule has 2 aromatic rings. The van der Waals surface area contributed by atoms with E-state index in [1.165, 1.54) is 13.0 Å². The Kier molecular flexibility index (Phi) is 6.82. The van der Waals surface area contributed by atoms with Gasteiger partial charge in [-0.1, -0.05) is 13.8 Å². The number of Topliss-reactive ketones (excluding diaryl/α,β-unsaturated/α-hetero) is 1. The van der Waals surface area contributed by atoms with E-state index in [0.717, 1.165) is 12.0 Å². The van der Waals surface area contributed by atoms with E-state index in [2.05, 4.69) is 13.8 Å². The van der Waals surface area contributed by atoms with E-state index in [0.29, 0.717) is 42.8 Å². The molecule has 0 amide bonds. The van der Waals surface area contributed by atoms with Crippen LogP contribution in [0.5, 0.6) is 17.2 Å². The first-order valence-corrected chi connectivity index (χ1v) is 10.1. The molecule has 0 radical (unpaired) electrons. The molecule has 1 atom stereocenters. The summed E-state index contributed by atoms with van der Waals surface area (Å²) < 4.78 is 24.6. The Balaban J connectivity index is 2.13. The molecule has 0 spiro atoms. The smallest absolute Gasteiger partial charge is 0.192 e. The van der Waals surface area contributed by atoms with Crippen LogP contribution in [0.15, 0.2) is 29.2 Å². The third-order valence-corrected chi connectivity index (χ3v) is 5.29. The molecule has 162 valence electrons. The van der Waals surface area contributed by atoms with Crippen LogP contribution >= 0.6 is 0 Å². The normalized spacial score (nSPS) is 15.1. The summed E-state index contributed by atoms with van der Waals surface area (Å²) in [7, 11) is 3.23. The lowest BCUT2D eigenvalue weighted by molar-refractivity contribution is 0.101. The molecule has 2 heterocycles. The molecular formula is C23H29NO6. The quantitative estimate of drug-likeness (QED) is 0.483. The van der Waals surface area contributed by atoms with Crippen molar-refractivity contribution >= 4 is 5.78 Å². The van der Waals surface area contributed by atoms with Gasteiger partial charge >= 0.3 is 0 Å². The first kappa shape index (κ1) is 21.9. The van der Waals surface area contributed by atoms with Crippen molar-refractivity contribution < 1.29 is 23.7 Å². The maximum absolute atomic E-state index is 12.6. The lowest BCUT2D eigenvalue weighted by atomic mass is 10.0. The molecule has 1 aliphatic rings. The van der Waals surface area contributed by atoms with Gasteiger partial charge < -0.3 is 23.5 Å². The van der Waals surface area contributed by atoms with Gasteiger partial charge in [0, 0.05) is 44.0 Å². The van der Waals surface area contributed by atoms with E-state index in [1.807, 2.05) is 10.6 Å². The van der Waals surface area contributed by atoms with Gasteiger partial charge in [-0.3, -0.25) is 9.59 Å². The van der Waals surface area contributed by atoms with E-state index in [1.54, 1.807) is 26.5 Å². The first-order valence-electron chi connectivity index (χ1n) is 10.1. The number of benzene rings is 1. The van der Waals surface area contributed by atoms with Crippen LogP contribution in [-0.4, -0.2) is 44.4 Å². The van der Waals surface area contributed by atoms with Crippen LogP contribution in [0.4, 0.5) is 0 Å². The molecule has 0 bridgehead atoms. The molecule has 1 unspecified atom stereocenters. The fourth-order valence-electron chi connectivity index (χ4n) is 3.59. The van der Waals surface area contributed by atoms with Gasteiger partial charge in [-0.2, -0.15) is 0 Å². The third kappa shape index (κ3) is 4.36. The zero-order chi connectivity index (χ0) is 21.8. The van der Waals surface area contributed by atoms with Gasteiger partial charge in [0.15, 0.2) is 22.7 Å². The largest absolute Gasteiger partial charge is 0.493 e. The van der Waals surface area contributed by atoms with Crippen LogP contribution in [0.25, 0.3) is 11.3 Å². The molecule has 1 aromatic heterocycles. The van der Waals surface area contributed by atoms with E-state index in [9.17, 15) is 9.59 Å². The number of carbonyl (C=O) groups is 1. The second-order valence-corrected chi connectivity index (χ2v) is 7.72. The molecule has 1 aromatic carbocycles. The van der Waals surface area contributed by atoms with E-state index >= 15 is 0 Å². The Labute approximate surface area is 176 Å². The van der Waals surface area contributed by atoms with Crippen LogP contribution in [0.2, 0.25) is 0 Å². The maximum atomic E-state index is 12.6. The fourth-order valence-corrected chi connectivity index (χ4v) is 3.59. The van der Waals surface area contributed by atoms with Gasteiger partial charge in [-0.15, -0.1) is 0 Å². The van der Waals surface area contributed by atoms with Gasteiger partial charge in [0.2, 0.25) is 0 Å². The summed E-state index contributed by atoms with van der Waals surface area (Å²) >= 11 is 0. The van der Waals surface area contributed by atoms with Gasteiger partial charge in [0.25, 0.3) is 0 Å². The zero-order valence-corrected chi connectivity index (χ0v) is 18.2. The Morgan fingerprint density at radius 1 is 1.20 bits per heavy atom. The molecule has 30 heavy (non-hydrogen) atoms. The predicted octanol–water partition coefficient (Wildman–Crippen LogP) is 3.73. The van der Waals surface area contributed by atoms with Crippen LogP contribution in [0.3, 0.4) is 0 Å². The Morgan fingerprint density at radius 3 is 2.60 bits per heavy atom. The number of rotatable bonds is 8.